The Morgan fingerprint density at radius 1 is 1.54 bits per heavy atom. The highest BCUT2D eigenvalue weighted by atomic mass is 16.5. The molecule has 0 aromatic carbocycles. The second-order valence-corrected chi connectivity index (χ2v) is 3.79. The molecule has 78 valence electrons. The molecule has 0 radical (unpaired) electrons. The molecule has 1 fully saturated rings. The summed E-state index contributed by atoms with van der Waals surface area (Å²) in [5.41, 5.74) is 0. The average Bonchev–Trinajstić information content (AvgIpc) is 2.94. The Morgan fingerprint density at radius 3 is 2.69 bits per heavy atom. The molecule has 3 nitrogen and oxygen atoms in total. The monoisotopic (exact) mass is 187 g/mol. The maximum Gasteiger partial charge on any atom is 0.0695 e. The first-order valence-electron chi connectivity index (χ1n) is 5.17. The molecule has 0 spiro atoms. The lowest BCUT2D eigenvalue weighted by Gasteiger charge is -2.22. The van der Waals surface area contributed by atoms with Gasteiger partial charge in [0.2, 0.25) is 0 Å². The topological polar surface area (TPSA) is 32.7 Å². The quantitative estimate of drug-likeness (QED) is 0.637. The first-order chi connectivity index (χ1) is 6.27. The molecular weight excluding hydrogens is 166 g/mol. The van der Waals surface area contributed by atoms with Gasteiger partial charge in [0.05, 0.1) is 12.7 Å². The molecule has 0 aromatic rings. The van der Waals surface area contributed by atoms with E-state index in [9.17, 15) is 5.11 Å². The molecule has 1 saturated carbocycles. The van der Waals surface area contributed by atoms with Gasteiger partial charge in [-0.05, 0) is 25.3 Å². The van der Waals surface area contributed by atoms with Crippen LogP contribution < -0.4 is 0 Å². The van der Waals surface area contributed by atoms with E-state index in [-0.39, 0.29) is 6.10 Å². The van der Waals surface area contributed by atoms with Crippen molar-refractivity contribution in [3.63, 3.8) is 0 Å². The molecule has 1 aliphatic rings. The van der Waals surface area contributed by atoms with Crippen molar-refractivity contribution in [1.82, 2.24) is 4.90 Å². The third kappa shape index (κ3) is 4.07. The van der Waals surface area contributed by atoms with Crippen LogP contribution in [0.1, 0.15) is 19.8 Å². The molecule has 1 atom stereocenters. The summed E-state index contributed by atoms with van der Waals surface area (Å²) < 4.78 is 5.01. The summed E-state index contributed by atoms with van der Waals surface area (Å²) in [6, 6.07) is 0. The normalized spacial score (nSPS) is 19.4. The third-order valence-electron chi connectivity index (χ3n) is 2.67. The molecule has 0 aromatic heterocycles. The number of methoxy groups -OCH3 is 1. The Kier molecular flexibility index (Phi) is 4.70. The highest BCUT2D eigenvalue weighted by Crippen LogP contribution is 2.32. The van der Waals surface area contributed by atoms with E-state index in [4.69, 9.17) is 4.74 Å². The number of aliphatic hydroxyl groups is 1. The number of likely N-dealkylation sites (N-methyl/N-ethyl adjacent to an activating group) is 1. The molecule has 0 saturated heterocycles. The Balaban J connectivity index is 2.13. The van der Waals surface area contributed by atoms with Gasteiger partial charge in [0.15, 0.2) is 0 Å². The fourth-order valence-corrected chi connectivity index (χ4v) is 1.49. The summed E-state index contributed by atoms with van der Waals surface area (Å²) in [5.74, 6) is 0.580. The van der Waals surface area contributed by atoms with Crippen LogP contribution >= 0.6 is 0 Å². The maximum atomic E-state index is 9.71. The van der Waals surface area contributed by atoms with Gasteiger partial charge >= 0.3 is 0 Å². The highest BCUT2D eigenvalue weighted by molar-refractivity contribution is 4.82. The number of hydrogen-bond donors (Lipinski definition) is 1. The SMILES string of the molecule is CCN(CCOC)CC(O)C1CC1. The van der Waals surface area contributed by atoms with Crippen LogP contribution in [-0.4, -0.2) is 49.5 Å². The number of rotatable bonds is 7. The molecule has 1 unspecified atom stereocenters. The number of nitrogens with zero attached hydrogens (tertiary/aromatic N) is 1. The predicted molar refractivity (Wildman–Crippen MR) is 52.7 cm³/mol. The van der Waals surface area contributed by atoms with Crippen molar-refractivity contribution in [2.75, 3.05) is 33.4 Å². The van der Waals surface area contributed by atoms with Gasteiger partial charge in [-0.2, -0.15) is 0 Å². The van der Waals surface area contributed by atoms with Crippen molar-refractivity contribution in [3.05, 3.63) is 0 Å². The van der Waals surface area contributed by atoms with Crippen molar-refractivity contribution in [1.29, 1.82) is 0 Å². The standard InChI is InChI=1S/C10H21NO2/c1-3-11(6-7-13-2)8-10(12)9-4-5-9/h9-10,12H,3-8H2,1-2H3. The van der Waals surface area contributed by atoms with Crippen molar-refractivity contribution in [2.24, 2.45) is 5.92 Å². The van der Waals surface area contributed by atoms with Crippen molar-refractivity contribution in [3.8, 4) is 0 Å². The van der Waals surface area contributed by atoms with E-state index in [0.29, 0.717) is 5.92 Å². The smallest absolute Gasteiger partial charge is 0.0695 e. The minimum atomic E-state index is -0.114. The molecule has 0 bridgehead atoms. The first kappa shape index (κ1) is 11.0. The van der Waals surface area contributed by atoms with E-state index in [0.717, 1.165) is 26.2 Å². The van der Waals surface area contributed by atoms with Crippen molar-refractivity contribution < 1.29 is 9.84 Å². The van der Waals surface area contributed by atoms with Crippen LogP contribution in [0.4, 0.5) is 0 Å². The van der Waals surface area contributed by atoms with Gasteiger partial charge in [-0.15, -0.1) is 0 Å². The summed E-state index contributed by atoms with van der Waals surface area (Å²) >= 11 is 0. The van der Waals surface area contributed by atoms with Gasteiger partial charge < -0.3 is 9.84 Å². The molecule has 1 N–H and O–H groups in total. The molecule has 0 aliphatic heterocycles. The minimum absolute atomic E-state index is 0.114. The van der Waals surface area contributed by atoms with E-state index in [1.807, 2.05) is 0 Å². The molecular formula is C10H21NO2. The summed E-state index contributed by atoms with van der Waals surface area (Å²) in [6.45, 7) is 5.61. The van der Waals surface area contributed by atoms with Gasteiger partial charge in [0.1, 0.15) is 0 Å². The maximum absolute atomic E-state index is 9.71. The van der Waals surface area contributed by atoms with Gasteiger partial charge in [-0.25, -0.2) is 0 Å². The Labute approximate surface area is 80.7 Å². The van der Waals surface area contributed by atoms with Crippen LogP contribution in [0.3, 0.4) is 0 Å². The largest absolute Gasteiger partial charge is 0.392 e. The molecule has 13 heavy (non-hydrogen) atoms. The van der Waals surface area contributed by atoms with Gasteiger partial charge in [-0.1, -0.05) is 6.92 Å². The molecule has 1 aliphatic carbocycles. The Morgan fingerprint density at radius 2 is 2.23 bits per heavy atom. The third-order valence-corrected chi connectivity index (χ3v) is 2.67. The summed E-state index contributed by atoms with van der Waals surface area (Å²) in [6.07, 6.45) is 2.31. The molecule has 0 heterocycles. The van der Waals surface area contributed by atoms with Crippen LogP contribution in [0.15, 0.2) is 0 Å². The minimum Gasteiger partial charge on any atom is -0.392 e. The average molecular weight is 187 g/mol. The van der Waals surface area contributed by atoms with Crippen LogP contribution in [0.2, 0.25) is 0 Å². The predicted octanol–water partition coefficient (Wildman–Crippen LogP) is 0.726. The highest BCUT2D eigenvalue weighted by Gasteiger charge is 2.30. The number of hydrogen-bond acceptors (Lipinski definition) is 3. The van der Waals surface area contributed by atoms with Gasteiger partial charge in [-0.3, -0.25) is 4.90 Å². The second kappa shape index (κ2) is 5.58. The summed E-state index contributed by atoms with van der Waals surface area (Å²) in [5, 5.41) is 9.71. The van der Waals surface area contributed by atoms with Crippen LogP contribution in [-0.2, 0) is 4.74 Å². The van der Waals surface area contributed by atoms with Gasteiger partial charge in [0.25, 0.3) is 0 Å². The Bertz CT molecular complexity index is 137. The van der Waals surface area contributed by atoms with Crippen LogP contribution in [0.5, 0.6) is 0 Å². The molecule has 3 heteroatoms. The zero-order chi connectivity index (χ0) is 9.68. The Hall–Kier alpha value is -0.120. The fraction of sp³-hybridized carbons (Fsp3) is 1.00. The number of ether oxygens (including phenoxy) is 1. The second-order valence-electron chi connectivity index (χ2n) is 3.79. The molecule has 1 rings (SSSR count). The van der Waals surface area contributed by atoms with Crippen molar-refractivity contribution in [2.45, 2.75) is 25.9 Å². The zero-order valence-electron chi connectivity index (χ0n) is 8.70. The fourth-order valence-electron chi connectivity index (χ4n) is 1.49. The van der Waals surface area contributed by atoms with E-state index in [2.05, 4.69) is 11.8 Å². The van der Waals surface area contributed by atoms with E-state index < -0.39 is 0 Å². The zero-order valence-corrected chi connectivity index (χ0v) is 8.70. The summed E-state index contributed by atoms with van der Waals surface area (Å²) in [7, 11) is 1.71. The van der Waals surface area contributed by atoms with Gasteiger partial charge in [0, 0.05) is 20.2 Å². The van der Waals surface area contributed by atoms with E-state index in [1.165, 1.54) is 12.8 Å². The van der Waals surface area contributed by atoms with Crippen molar-refractivity contribution >= 4 is 0 Å². The lowest BCUT2D eigenvalue weighted by atomic mass is 10.2. The van der Waals surface area contributed by atoms with Crippen LogP contribution in [0.25, 0.3) is 0 Å². The summed E-state index contributed by atoms with van der Waals surface area (Å²) in [4.78, 5) is 2.24. The first-order valence-corrected chi connectivity index (χ1v) is 5.17. The number of aliphatic hydroxyl groups excluding tert-OH is 1. The van der Waals surface area contributed by atoms with Crippen LogP contribution in [0, 0.1) is 5.92 Å². The molecule has 0 amide bonds. The lowest BCUT2D eigenvalue weighted by Crippen LogP contribution is -2.35. The lowest BCUT2D eigenvalue weighted by molar-refractivity contribution is 0.0796. The van der Waals surface area contributed by atoms with E-state index in [1.54, 1.807) is 7.11 Å². The van der Waals surface area contributed by atoms with E-state index >= 15 is 0 Å².